The summed E-state index contributed by atoms with van der Waals surface area (Å²) in [4.78, 5) is 11.2. The Morgan fingerprint density at radius 3 is 2.53 bits per heavy atom. The number of phenols is 1. The van der Waals surface area contributed by atoms with Gasteiger partial charge in [0, 0.05) is 0 Å². The normalized spacial score (nSPS) is 11.2. The van der Waals surface area contributed by atoms with Crippen LogP contribution in [-0.4, -0.2) is 30.3 Å². The fraction of sp³-hybridized carbons (Fsp3) is 0.300. The second-order valence-corrected chi connectivity index (χ2v) is 3.28. The van der Waals surface area contributed by atoms with E-state index < -0.39 is 25.2 Å². The smallest absolute Gasteiger partial charge is 0.401 e. The van der Waals surface area contributed by atoms with Crippen molar-refractivity contribution in [2.75, 3.05) is 18.4 Å². The molecule has 4 nitrogen and oxygen atoms in total. The molecule has 0 aliphatic carbocycles. The number of anilines is 1. The molecule has 0 aliphatic heterocycles. The highest BCUT2D eigenvalue weighted by Crippen LogP contribution is 2.21. The van der Waals surface area contributed by atoms with Crippen LogP contribution in [-0.2, 0) is 4.79 Å². The van der Waals surface area contributed by atoms with Crippen molar-refractivity contribution >= 4 is 11.6 Å². The van der Waals surface area contributed by atoms with Gasteiger partial charge in [0.15, 0.2) is 0 Å². The SMILES string of the molecule is O=C(CNCC(F)(F)F)Nc1ccccc1O. The molecule has 0 saturated carbocycles. The Labute approximate surface area is 95.4 Å². The van der Waals surface area contributed by atoms with E-state index in [0.717, 1.165) is 0 Å². The molecule has 0 aromatic heterocycles. The van der Waals surface area contributed by atoms with E-state index in [1.54, 1.807) is 12.1 Å². The number of carbonyl (C=O) groups excluding carboxylic acids is 1. The molecule has 3 N–H and O–H groups in total. The maximum atomic E-state index is 11.8. The van der Waals surface area contributed by atoms with Gasteiger partial charge in [0.1, 0.15) is 5.75 Å². The second-order valence-electron chi connectivity index (χ2n) is 3.28. The van der Waals surface area contributed by atoms with Gasteiger partial charge in [0.05, 0.1) is 18.8 Å². The van der Waals surface area contributed by atoms with Crippen molar-refractivity contribution in [1.29, 1.82) is 0 Å². The van der Waals surface area contributed by atoms with Gasteiger partial charge in [0.2, 0.25) is 5.91 Å². The quantitative estimate of drug-likeness (QED) is 0.707. The fourth-order valence-corrected chi connectivity index (χ4v) is 1.09. The average molecular weight is 248 g/mol. The predicted molar refractivity (Wildman–Crippen MR) is 55.7 cm³/mol. The molecular formula is C10H11F3N2O2. The molecular weight excluding hydrogens is 237 g/mol. The standard InChI is InChI=1S/C10H11F3N2O2/c11-10(12,13)6-14-5-9(17)15-7-3-1-2-4-8(7)16/h1-4,14,16H,5-6H2,(H,15,17). The van der Waals surface area contributed by atoms with Crippen LogP contribution < -0.4 is 10.6 Å². The van der Waals surface area contributed by atoms with Gasteiger partial charge in [-0.1, -0.05) is 12.1 Å². The minimum Gasteiger partial charge on any atom is -0.506 e. The first-order valence-corrected chi connectivity index (χ1v) is 4.74. The van der Waals surface area contributed by atoms with Gasteiger partial charge in [-0.05, 0) is 12.1 Å². The zero-order valence-electron chi connectivity index (χ0n) is 8.71. The number of rotatable bonds is 4. The lowest BCUT2D eigenvalue weighted by Crippen LogP contribution is -2.35. The number of phenolic OH excluding ortho intramolecular Hbond substituents is 1. The van der Waals surface area contributed by atoms with E-state index >= 15 is 0 Å². The summed E-state index contributed by atoms with van der Waals surface area (Å²) in [5.74, 6) is -0.799. The van der Waals surface area contributed by atoms with E-state index in [9.17, 15) is 23.1 Å². The zero-order chi connectivity index (χ0) is 12.9. The van der Waals surface area contributed by atoms with Gasteiger partial charge in [-0.15, -0.1) is 0 Å². The van der Waals surface area contributed by atoms with Crippen LogP contribution in [0.2, 0.25) is 0 Å². The second kappa shape index (κ2) is 5.53. The summed E-state index contributed by atoms with van der Waals surface area (Å²) in [6.07, 6.45) is -4.35. The number of amides is 1. The van der Waals surface area contributed by atoms with Crippen LogP contribution in [0.25, 0.3) is 0 Å². The summed E-state index contributed by atoms with van der Waals surface area (Å²) in [6.45, 7) is -1.71. The van der Waals surface area contributed by atoms with Crippen molar-refractivity contribution < 1.29 is 23.1 Å². The first kappa shape index (κ1) is 13.3. The zero-order valence-corrected chi connectivity index (χ0v) is 8.71. The Kier molecular flexibility index (Phi) is 4.33. The number of hydrogen-bond donors (Lipinski definition) is 3. The third kappa shape index (κ3) is 5.21. The Hall–Kier alpha value is -1.76. The molecule has 7 heteroatoms. The molecule has 0 atom stereocenters. The molecule has 0 unspecified atom stereocenters. The van der Waals surface area contributed by atoms with Crippen molar-refractivity contribution in [3.8, 4) is 5.75 Å². The lowest BCUT2D eigenvalue weighted by molar-refractivity contribution is -0.126. The molecule has 94 valence electrons. The van der Waals surface area contributed by atoms with E-state index in [4.69, 9.17) is 0 Å². The number of hydrogen-bond acceptors (Lipinski definition) is 3. The minimum absolute atomic E-state index is 0.142. The molecule has 0 radical (unpaired) electrons. The largest absolute Gasteiger partial charge is 0.506 e. The number of alkyl halides is 3. The lowest BCUT2D eigenvalue weighted by Gasteiger charge is -2.09. The van der Waals surface area contributed by atoms with Crippen molar-refractivity contribution in [3.05, 3.63) is 24.3 Å². The van der Waals surface area contributed by atoms with Crippen molar-refractivity contribution in [1.82, 2.24) is 5.32 Å². The Morgan fingerprint density at radius 2 is 1.94 bits per heavy atom. The number of nitrogens with one attached hydrogen (secondary N) is 2. The maximum absolute atomic E-state index is 11.8. The van der Waals surface area contributed by atoms with E-state index in [1.807, 2.05) is 5.32 Å². The molecule has 1 aromatic rings. The maximum Gasteiger partial charge on any atom is 0.401 e. The van der Waals surface area contributed by atoms with Gasteiger partial charge in [-0.2, -0.15) is 13.2 Å². The van der Waals surface area contributed by atoms with Gasteiger partial charge >= 0.3 is 6.18 Å². The van der Waals surface area contributed by atoms with Crippen LogP contribution in [0, 0.1) is 0 Å². The van der Waals surface area contributed by atoms with E-state index in [0.29, 0.717) is 0 Å². The van der Waals surface area contributed by atoms with Gasteiger partial charge in [-0.3, -0.25) is 4.79 Å². The Balaban J connectivity index is 2.38. The summed E-state index contributed by atoms with van der Waals surface area (Å²) in [5.41, 5.74) is 0.159. The molecule has 0 spiro atoms. The van der Waals surface area contributed by atoms with Crippen LogP contribution in [0.1, 0.15) is 0 Å². The topological polar surface area (TPSA) is 61.4 Å². The highest BCUT2D eigenvalue weighted by Gasteiger charge is 2.26. The predicted octanol–water partition coefficient (Wildman–Crippen LogP) is 1.48. The molecule has 0 bridgehead atoms. The fourth-order valence-electron chi connectivity index (χ4n) is 1.09. The van der Waals surface area contributed by atoms with Gasteiger partial charge in [-0.25, -0.2) is 0 Å². The third-order valence-electron chi connectivity index (χ3n) is 1.79. The number of halogens is 3. The van der Waals surface area contributed by atoms with Crippen LogP contribution in [0.5, 0.6) is 5.75 Å². The summed E-state index contributed by atoms with van der Waals surface area (Å²) in [6, 6.07) is 5.95. The first-order valence-electron chi connectivity index (χ1n) is 4.74. The summed E-state index contributed by atoms with van der Waals surface area (Å²) in [5, 5.41) is 13.5. The summed E-state index contributed by atoms with van der Waals surface area (Å²) >= 11 is 0. The van der Waals surface area contributed by atoms with Crippen molar-refractivity contribution in [2.24, 2.45) is 0 Å². The van der Waals surface area contributed by atoms with E-state index in [-0.39, 0.29) is 11.4 Å². The van der Waals surface area contributed by atoms with Gasteiger partial charge in [0.25, 0.3) is 0 Å². The third-order valence-corrected chi connectivity index (χ3v) is 1.79. The average Bonchev–Trinajstić information content (AvgIpc) is 2.19. The van der Waals surface area contributed by atoms with Crippen molar-refractivity contribution in [2.45, 2.75) is 6.18 Å². The van der Waals surface area contributed by atoms with Crippen LogP contribution in [0.3, 0.4) is 0 Å². The molecule has 1 aromatic carbocycles. The van der Waals surface area contributed by atoms with Crippen LogP contribution in [0.15, 0.2) is 24.3 Å². The minimum atomic E-state index is -4.35. The summed E-state index contributed by atoms with van der Waals surface area (Å²) in [7, 11) is 0. The number of benzene rings is 1. The highest BCUT2D eigenvalue weighted by molar-refractivity contribution is 5.93. The van der Waals surface area contributed by atoms with Crippen molar-refractivity contribution in [3.63, 3.8) is 0 Å². The number of para-hydroxylation sites is 2. The van der Waals surface area contributed by atoms with Crippen LogP contribution >= 0.6 is 0 Å². The first-order chi connectivity index (χ1) is 7.88. The highest BCUT2D eigenvalue weighted by atomic mass is 19.4. The Bertz CT molecular complexity index is 393. The van der Waals surface area contributed by atoms with Crippen LogP contribution in [0.4, 0.5) is 18.9 Å². The molecule has 1 rings (SSSR count). The summed E-state index contributed by atoms with van der Waals surface area (Å²) < 4.78 is 35.3. The van der Waals surface area contributed by atoms with Gasteiger partial charge < -0.3 is 15.7 Å². The number of carbonyl (C=O) groups is 1. The van der Waals surface area contributed by atoms with E-state index in [2.05, 4.69) is 5.32 Å². The molecule has 1 amide bonds. The lowest BCUT2D eigenvalue weighted by atomic mass is 10.3. The number of aromatic hydroxyl groups is 1. The molecule has 0 heterocycles. The molecule has 0 aliphatic rings. The Morgan fingerprint density at radius 1 is 1.29 bits per heavy atom. The van der Waals surface area contributed by atoms with E-state index in [1.165, 1.54) is 12.1 Å². The molecule has 0 fully saturated rings. The molecule has 17 heavy (non-hydrogen) atoms. The monoisotopic (exact) mass is 248 g/mol. The molecule has 0 saturated heterocycles.